The highest BCUT2D eigenvalue weighted by Gasteiger charge is 2.10. The maximum atomic E-state index is 13.1. The predicted octanol–water partition coefficient (Wildman–Crippen LogP) is 2.55. The molecule has 0 atom stereocenters. The molecule has 0 radical (unpaired) electrons. The van der Waals surface area contributed by atoms with E-state index >= 15 is 0 Å². The summed E-state index contributed by atoms with van der Waals surface area (Å²) in [5.41, 5.74) is -0.106. The van der Waals surface area contributed by atoms with Gasteiger partial charge in [0.1, 0.15) is 11.5 Å². The van der Waals surface area contributed by atoms with Crippen molar-refractivity contribution >= 4 is 11.7 Å². The van der Waals surface area contributed by atoms with Gasteiger partial charge in [-0.2, -0.15) is 0 Å². The third-order valence-electron chi connectivity index (χ3n) is 1.92. The molecule has 3 nitrogen and oxygen atoms in total. The van der Waals surface area contributed by atoms with Crippen LogP contribution in [0.3, 0.4) is 0 Å². The lowest BCUT2D eigenvalue weighted by molar-refractivity contribution is -0.131. The molecule has 0 aromatic heterocycles. The van der Waals surface area contributed by atoms with E-state index in [-0.39, 0.29) is 6.54 Å². The van der Waals surface area contributed by atoms with E-state index in [4.69, 9.17) is 5.11 Å². The normalized spacial score (nSPS) is 11.4. The molecule has 0 heterocycles. The zero-order chi connectivity index (χ0) is 13.0. The Labute approximate surface area is 95.6 Å². The summed E-state index contributed by atoms with van der Waals surface area (Å²) in [6.45, 7) is 1.44. The summed E-state index contributed by atoms with van der Waals surface area (Å²) in [7, 11) is 0. The van der Waals surface area contributed by atoms with Gasteiger partial charge in [0.2, 0.25) is 0 Å². The minimum absolute atomic E-state index is 0.0498. The molecule has 0 spiro atoms. The van der Waals surface area contributed by atoms with Crippen LogP contribution in [0.25, 0.3) is 0 Å². The van der Waals surface area contributed by atoms with Crippen LogP contribution in [0.5, 0.6) is 0 Å². The lowest BCUT2D eigenvalue weighted by Crippen LogP contribution is -2.08. The fourth-order valence-corrected chi connectivity index (χ4v) is 1.20. The van der Waals surface area contributed by atoms with E-state index < -0.39 is 29.1 Å². The van der Waals surface area contributed by atoms with Crippen molar-refractivity contribution in [3.8, 4) is 0 Å². The fraction of sp³-hybridized carbons (Fsp3) is 0.182. The zero-order valence-corrected chi connectivity index (χ0v) is 8.93. The van der Waals surface area contributed by atoms with Gasteiger partial charge in [-0.05, 0) is 12.5 Å². The molecule has 1 rings (SSSR count). The number of anilines is 1. The summed E-state index contributed by atoms with van der Waals surface area (Å²) in [5, 5.41) is 10.8. The van der Waals surface area contributed by atoms with E-state index in [0.29, 0.717) is 17.7 Å². The monoisotopic (exact) mass is 245 g/mol. The largest absolute Gasteiger partial charge is 0.478 e. The lowest BCUT2D eigenvalue weighted by Gasteiger charge is -2.08. The van der Waals surface area contributed by atoms with Crippen LogP contribution in [0, 0.1) is 17.5 Å². The van der Waals surface area contributed by atoms with E-state index in [1.54, 1.807) is 0 Å². The van der Waals surface area contributed by atoms with Crippen molar-refractivity contribution in [1.29, 1.82) is 0 Å². The van der Waals surface area contributed by atoms with Crippen molar-refractivity contribution in [2.45, 2.75) is 6.92 Å². The van der Waals surface area contributed by atoms with E-state index in [2.05, 4.69) is 5.32 Å². The molecule has 0 aliphatic heterocycles. The van der Waals surface area contributed by atoms with Gasteiger partial charge in [-0.15, -0.1) is 0 Å². The summed E-state index contributed by atoms with van der Waals surface area (Å²) in [6, 6.07) is 1.09. The molecular weight excluding hydrogens is 235 g/mol. The second kappa shape index (κ2) is 5.38. The molecule has 92 valence electrons. The van der Waals surface area contributed by atoms with Crippen LogP contribution < -0.4 is 5.32 Å². The quantitative estimate of drug-likeness (QED) is 0.801. The summed E-state index contributed by atoms with van der Waals surface area (Å²) in [6.07, 6.45) is 0.909. The van der Waals surface area contributed by atoms with Gasteiger partial charge in [0.15, 0.2) is 11.6 Å². The third-order valence-corrected chi connectivity index (χ3v) is 1.92. The first-order chi connectivity index (χ1) is 7.90. The SMILES string of the molecule is CC(=CC(=O)O)CNc1c(F)cc(F)cc1F. The topological polar surface area (TPSA) is 49.3 Å². The number of hydrogen-bond acceptors (Lipinski definition) is 2. The highest BCUT2D eigenvalue weighted by Crippen LogP contribution is 2.20. The van der Waals surface area contributed by atoms with Gasteiger partial charge in [0, 0.05) is 24.8 Å². The molecule has 1 aromatic rings. The van der Waals surface area contributed by atoms with Crippen molar-refractivity contribution in [1.82, 2.24) is 0 Å². The van der Waals surface area contributed by atoms with Crippen LogP contribution in [0.1, 0.15) is 6.92 Å². The number of nitrogens with one attached hydrogen (secondary N) is 1. The standard InChI is InChI=1S/C11H10F3NO2/c1-6(2-10(16)17)5-15-11-8(13)3-7(12)4-9(11)14/h2-4,15H,5H2,1H3,(H,16,17). The smallest absolute Gasteiger partial charge is 0.328 e. The average Bonchev–Trinajstić information content (AvgIpc) is 2.14. The van der Waals surface area contributed by atoms with Crippen LogP contribution in [-0.4, -0.2) is 17.6 Å². The minimum Gasteiger partial charge on any atom is -0.478 e. The number of aliphatic carboxylic acids is 1. The molecule has 0 amide bonds. The molecule has 17 heavy (non-hydrogen) atoms. The second-order valence-corrected chi connectivity index (χ2v) is 3.43. The summed E-state index contributed by atoms with van der Waals surface area (Å²) >= 11 is 0. The summed E-state index contributed by atoms with van der Waals surface area (Å²) in [5.74, 6) is -4.29. The van der Waals surface area contributed by atoms with E-state index in [1.807, 2.05) is 0 Å². The predicted molar refractivity (Wildman–Crippen MR) is 56.2 cm³/mol. The lowest BCUT2D eigenvalue weighted by atomic mass is 10.2. The second-order valence-electron chi connectivity index (χ2n) is 3.43. The first-order valence-electron chi connectivity index (χ1n) is 4.68. The van der Waals surface area contributed by atoms with Crippen LogP contribution in [0.15, 0.2) is 23.8 Å². The number of benzene rings is 1. The van der Waals surface area contributed by atoms with Crippen molar-refractivity contribution in [3.05, 3.63) is 41.2 Å². The van der Waals surface area contributed by atoms with Crippen molar-refractivity contribution in [3.63, 3.8) is 0 Å². The summed E-state index contributed by atoms with van der Waals surface area (Å²) < 4.78 is 38.9. The number of carboxylic acid groups (broad SMARTS) is 1. The molecule has 0 saturated carbocycles. The molecule has 0 bridgehead atoms. The molecule has 0 aliphatic rings. The Morgan fingerprint density at radius 1 is 1.35 bits per heavy atom. The number of rotatable bonds is 4. The fourth-order valence-electron chi connectivity index (χ4n) is 1.20. The number of carbonyl (C=O) groups is 1. The van der Waals surface area contributed by atoms with E-state index in [9.17, 15) is 18.0 Å². The van der Waals surface area contributed by atoms with Crippen LogP contribution in [0.4, 0.5) is 18.9 Å². The molecule has 0 unspecified atom stereocenters. The zero-order valence-electron chi connectivity index (χ0n) is 8.93. The van der Waals surface area contributed by atoms with Crippen LogP contribution >= 0.6 is 0 Å². The van der Waals surface area contributed by atoms with Crippen LogP contribution in [0.2, 0.25) is 0 Å². The van der Waals surface area contributed by atoms with Crippen molar-refractivity contribution < 1.29 is 23.1 Å². The number of hydrogen-bond donors (Lipinski definition) is 2. The molecule has 0 saturated heterocycles. The van der Waals surface area contributed by atoms with Gasteiger partial charge in [0.05, 0.1) is 0 Å². The first-order valence-corrected chi connectivity index (χ1v) is 4.68. The van der Waals surface area contributed by atoms with E-state index in [1.165, 1.54) is 6.92 Å². The Hall–Kier alpha value is -1.98. The Balaban J connectivity index is 2.80. The molecule has 2 N–H and O–H groups in total. The van der Waals surface area contributed by atoms with Gasteiger partial charge in [-0.3, -0.25) is 0 Å². The Kier molecular flexibility index (Phi) is 4.14. The Bertz CT molecular complexity index is 449. The van der Waals surface area contributed by atoms with Gasteiger partial charge >= 0.3 is 5.97 Å². The highest BCUT2D eigenvalue weighted by atomic mass is 19.1. The van der Waals surface area contributed by atoms with Gasteiger partial charge in [0.25, 0.3) is 0 Å². The third kappa shape index (κ3) is 3.82. The number of halogens is 3. The average molecular weight is 245 g/mol. The summed E-state index contributed by atoms with van der Waals surface area (Å²) in [4.78, 5) is 10.3. The number of carboxylic acids is 1. The van der Waals surface area contributed by atoms with Gasteiger partial charge in [-0.1, -0.05) is 0 Å². The maximum absolute atomic E-state index is 13.1. The molecule has 1 aromatic carbocycles. The molecular formula is C11H10F3NO2. The first kappa shape index (κ1) is 13.1. The highest BCUT2D eigenvalue weighted by molar-refractivity contribution is 5.80. The van der Waals surface area contributed by atoms with Gasteiger partial charge in [-0.25, -0.2) is 18.0 Å². The Morgan fingerprint density at radius 3 is 2.35 bits per heavy atom. The molecule has 6 heteroatoms. The van der Waals surface area contributed by atoms with Gasteiger partial charge < -0.3 is 10.4 Å². The van der Waals surface area contributed by atoms with Crippen molar-refractivity contribution in [2.24, 2.45) is 0 Å². The maximum Gasteiger partial charge on any atom is 0.328 e. The van der Waals surface area contributed by atoms with Crippen molar-refractivity contribution in [2.75, 3.05) is 11.9 Å². The van der Waals surface area contributed by atoms with Crippen LogP contribution in [-0.2, 0) is 4.79 Å². The minimum atomic E-state index is -1.15. The molecule has 0 aliphatic carbocycles. The Morgan fingerprint density at radius 2 is 1.88 bits per heavy atom. The van der Waals surface area contributed by atoms with E-state index in [0.717, 1.165) is 6.08 Å². The molecule has 0 fully saturated rings.